The number of aromatic amines is 1. The normalized spacial score (nSPS) is 14.5. The van der Waals surface area contributed by atoms with Gasteiger partial charge in [0.2, 0.25) is 0 Å². The number of ketones is 1. The summed E-state index contributed by atoms with van der Waals surface area (Å²) in [7, 11) is 0. The molecule has 1 N–H and O–H groups in total. The molecule has 0 aliphatic heterocycles. The maximum absolute atomic E-state index is 13.6. The first-order valence-corrected chi connectivity index (χ1v) is 9.63. The predicted octanol–water partition coefficient (Wildman–Crippen LogP) is 5.13. The fourth-order valence-corrected chi connectivity index (χ4v) is 4.49. The molecule has 1 aliphatic carbocycles. The molecule has 2 heterocycles. The standard InChI is InChI=1S/C24H19N3O2/c1-4-14-8-18-19(9-17(14)15-11-26-29-12-15)24(2,3)23-21(22(18)28)16-6-5-13(10-25)7-20(16)27-23/h5-9,11-12,27H,4H2,1-3H3. The monoisotopic (exact) mass is 381 g/mol. The highest BCUT2D eigenvalue weighted by atomic mass is 16.5. The summed E-state index contributed by atoms with van der Waals surface area (Å²) in [6.45, 7) is 6.33. The van der Waals surface area contributed by atoms with Crippen molar-refractivity contribution >= 4 is 16.7 Å². The van der Waals surface area contributed by atoms with Gasteiger partial charge >= 0.3 is 0 Å². The second-order valence-corrected chi connectivity index (χ2v) is 8.02. The first-order valence-electron chi connectivity index (χ1n) is 9.63. The van der Waals surface area contributed by atoms with Crippen LogP contribution in [0.4, 0.5) is 0 Å². The third kappa shape index (κ3) is 2.32. The molecule has 0 saturated carbocycles. The Kier molecular flexibility index (Phi) is 3.56. The molecule has 142 valence electrons. The Bertz CT molecular complexity index is 1330. The Hall–Kier alpha value is -3.65. The van der Waals surface area contributed by atoms with Gasteiger partial charge in [-0.05, 0) is 47.4 Å². The number of aryl methyl sites for hydroxylation is 1. The minimum absolute atomic E-state index is 0.0249. The zero-order valence-corrected chi connectivity index (χ0v) is 16.5. The van der Waals surface area contributed by atoms with Crippen LogP contribution in [-0.2, 0) is 11.8 Å². The summed E-state index contributed by atoms with van der Waals surface area (Å²) in [6, 6.07) is 11.7. The van der Waals surface area contributed by atoms with Crippen molar-refractivity contribution in [2.75, 3.05) is 0 Å². The van der Waals surface area contributed by atoms with Crippen molar-refractivity contribution in [2.45, 2.75) is 32.6 Å². The molecule has 0 bridgehead atoms. The molecule has 29 heavy (non-hydrogen) atoms. The molecule has 5 rings (SSSR count). The number of fused-ring (bicyclic) bond motifs is 4. The first-order chi connectivity index (χ1) is 14.0. The van der Waals surface area contributed by atoms with Crippen molar-refractivity contribution in [3.63, 3.8) is 0 Å². The molecule has 2 aromatic heterocycles. The number of nitriles is 1. The van der Waals surface area contributed by atoms with E-state index in [1.54, 1.807) is 18.5 Å². The second kappa shape index (κ2) is 5.92. The van der Waals surface area contributed by atoms with E-state index in [2.05, 4.69) is 43.0 Å². The third-order valence-electron chi connectivity index (χ3n) is 6.07. The summed E-state index contributed by atoms with van der Waals surface area (Å²) in [5, 5.41) is 13.9. The van der Waals surface area contributed by atoms with Gasteiger partial charge in [-0.2, -0.15) is 5.26 Å². The van der Waals surface area contributed by atoms with Gasteiger partial charge in [0.25, 0.3) is 0 Å². The Morgan fingerprint density at radius 1 is 1.21 bits per heavy atom. The van der Waals surface area contributed by atoms with Crippen molar-refractivity contribution in [1.29, 1.82) is 5.26 Å². The number of hydrogen-bond donors (Lipinski definition) is 1. The van der Waals surface area contributed by atoms with Crippen molar-refractivity contribution in [2.24, 2.45) is 0 Å². The largest absolute Gasteiger partial charge is 0.364 e. The number of carbonyl (C=O) groups is 1. The molecule has 0 fully saturated rings. The van der Waals surface area contributed by atoms with Crippen molar-refractivity contribution in [1.82, 2.24) is 10.1 Å². The number of nitrogens with one attached hydrogen (secondary N) is 1. The number of aromatic nitrogens is 2. The topological polar surface area (TPSA) is 82.7 Å². The maximum Gasteiger partial charge on any atom is 0.195 e. The van der Waals surface area contributed by atoms with E-state index in [1.807, 2.05) is 18.2 Å². The van der Waals surface area contributed by atoms with E-state index < -0.39 is 5.41 Å². The van der Waals surface area contributed by atoms with Crippen LogP contribution in [0.25, 0.3) is 22.0 Å². The van der Waals surface area contributed by atoms with Crippen LogP contribution in [0.5, 0.6) is 0 Å². The number of H-pyrrole nitrogens is 1. The van der Waals surface area contributed by atoms with Crippen LogP contribution in [0.2, 0.25) is 0 Å². The number of nitrogens with zero attached hydrogens (tertiary/aromatic N) is 2. The van der Waals surface area contributed by atoms with Crippen molar-refractivity contribution < 1.29 is 9.32 Å². The second-order valence-electron chi connectivity index (χ2n) is 8.02. The molecule has 2 aromatic carbocycles. The van der Waals surface area contributed by atoms with E-state index in [1.165, 1.54) is 0 Å². The Morgan fingerprint density at radius 2 is 2.03 bits per heavy atom. The fraction of sp³-hybridized carbons (Fsp3) is 0.208. The smallest absolute Gasteiger partial charge is 0.195 e. The lowest BCUT2D eigenvalue weighted by Crippen LogP contribution is -2.30. The Labute approximate surface area is 168 Å². The van der Waals surface area contributed by atoms with Crippen LogP contribution < -0.4 is 0 Å². The van der Waals surface area contributed by atoms with Gasteiger partial charge < -0.3 is 9.51 Å². The summed E-state index contributed by atoms with van der Waals surface area (Å²) >= 11 is 0. The van der Waals surface area contributed by atoms with Crippen LogP contribution in [0.3, 0.4) is 0 Å². The minimum atomic E-state index is -0.400. The van der Waals surface area contributed by atoms with Crippen molar-refractivity contribution in [3.05, 3.63) is 76.3 Å². The summed E-state index contributed by atoms with van der Waals surface area (Å²) in [4.78, 5) is 17.0. The number of rotatable bonds is 2. The van der Waals surface area contributed by atoms with Crippen molar-refractivity contribution in [3.8, 4) is 17.2 Å². The third-order valence-corrected chi connectivity index (χ3v) is 6.07. The van der Waals surface area contributed by atoms with E-state index >= 15 is 0 Å². The zero-order valence-electron chi connectivity index (χ0n) is 16.5. The highest BCUT2D eigenvalue weighted by molar-refractivity contribution is 6.20. The van der Waals surface area contributed by atoms with E-state index in [-0.39, 0.29) is 5.78 Å². The van der Waals surface area contributed by atoms with Gasteiger partial charge in [-0.25, -0.2) is 0 Å². The highest BCUT2D eigenvalue weighted by Crippen LogP contribution is 2.45. The molecule has 4 aromatic rings. The minimum Gasteiger partial charge on any atom is -0.364 e. The quantitative estimate of drug-likeness (QED) is 0.522. The van der Waals surface area contributed by atoms with E-state index in [9.17, 15) is 10.1 Å². The van der Waals surface area contributed by atoms with Gasteiger partial charge in [0.15, 0.2) is 5.78 Å². The molecule has 0 saturated heterocycles. The van der Waals surface area contributed by atoms with Crippen LogP contribution >= 0.6 is 0 Å². The molecular formula is C24H19N3O2. The number of benzene rings is 2. The van der Waals surface area contributed by atoms with Crippen LogP contribution in [0.1, 0.15) is 59.1 Å². The summed E-state index contributed by atoms with van der Waals surface area (Å²) < 4.78 is 5.05. The molecule has 0 radical (unpaired) electrons. The molecule has 0 unspecified atom stereocenters. The molecule has 5 nitrogen and oxygen atoms in total. The van der Waals surface area contributed by atoms with Gasteiger partial charge in [0.1, 0.15) is 6.26 Å². The first kappa shape index (κ1) is 17.4. The average Bonchev–Trinajstić information content (AvgIpc) is 3.39. The summed E-state index contributed by atoms with van der Waals surface area (Å²) in [5.74, 6) is 0.0249. The zero-order chi connectivity index (χ0) is 20.3. The molecule has 0 spiro atoms. The lowest BCUT2D eigenvalue weighted by atomic mass is 9.70. The SMILES string of the molecule is CCc1cc2c(cc1-c1cnoc1)C(C)(C)c1[nH]c3cc(C#N)ccc3c1C2=O. The van der Waals surface area contributed by atoms with E-state index in [0.717, 1.165) is 50.8 Å². The van der Waals surface area contributed by atoms with Crippen LogP contribution in [-0.4, -0.2) is 15.9 Å². The highest BCUT2D eigenvalue weighted by Gasteiger charge is 2.40. The van der Waals surface area contributed by atoms with Crippen LogP contribution in [0, 0.1) is 11.3 Å². The van der Waals surface area contributed by atoms with E-state index in [4.69, 9.17) is 4.52 Å². The number of carbonyl (C=O) groups excluding carboxylic acids is 1. The van der Waals surface area contributed by atoms with Gasteiger partial charge in [0.05, 0.1) is 23.4 Å². The molecule has 0 amide bonds. The maximum atomic E-state index is 13.6. The van der Waals surface area contributed by atoms with Gasteiger partial charge in [-0.3, -0.25) is 4.79 Å². The van der Waals surface area contributed by atoms with E-state index in [0.29, 0.717) is 11.1 Å². The van der Waals surface area contributed by atoms with Gasteiger partial charge in [-0.15, -0.1) is 0 Å². The summed E-state index contributed by atoms with van der Waals surface area (Å²) in [6.07, 6.45) is 4.14. The number of hydrogen-bond acceptors (Lipinski definition) is 4. The van der Waals surface area contributed by atoms with Gasteiger partial charge in [-0.1, -0.05) is 32.0 Å². The Balaban J connectivity index is 1.81. The molecule has 0 atom stereocenters. The average molecular weight is 381 g/mol. The predicted molar refractivity (Wildman–Crippen MR) is 110 cm³/mol. The Morgan fingerprint density at radius 3 is 2.72 bits per heavy atom. The molecule has 5 heteroatoms. The molecular weight excluding hydrogens is 362 g/mol. The lowest BCUT2D eigenvalue weighted by molar-refractivity contribution is 0.103. The van der Waals surface area contributed by atoms with Crippen LogP contribution in [0.15, 0.2) is 47.3 Å². The molecule has 1 aliphatic rings. The summed E-state index contributed by atoms with van der Waals surface area (Å²) in [5.41, 5.74) is 7.35. The lowest BCUT2D eigenvalue weighted by Gasteiger charge is -2.33. The fourth-order valence-electron chi connectivity index (χ4n) is 4.49. The van der Waals surface area contributed by atoms with Gasteiger partial charge in [0, 0.05) is 33.1 Å².